The number of hydrogen-bond acceptors (Lipinski definition) is 4. The van der Waals surface area contributed by atoms with Gasteiger partial charge >= 0.3 is 0 Å². The van der Waals surface area contributed by atoms with E-state index in [1.165, 1.54) is 0 Å². The summed E-state index contributed by atoms with van der Waals surface area (Å²) in [6.45, 7) is 3.42. The van der Waals surface area contributed by atoms with E-state index in [2.05, 4.69) is 9.97 Å². The summed E-state index contributed by atoms with van der Waals surface area (Å²) in [6.07, 6.45) is 3.15. The zero-order valence-electron chi connectivity index (χ0n) is 13.1. The Morgan fingerprint density at radius 3 is 2.91 bits per heavy atom. The van der Waals surface area contributed by atoms with Crippen LogP contribution < -0.4 is 10.3 Å². The van der Waals surface area contributed by atoms with Crippen molar-refractivity contribution in [1.82, 2.24) is 14.9 Å². The summed E-state index contributed by atoms with van der Waals surface area (Å²) >= 11 is 0. The Labute approximate surface area is 133 Å². The Hall–Kier alpha value is -2.37. The molecule has 0 aliphatic carbocycles. The lowest BCUT2D eigenvalue weighted by atomic mass is 10.00. The topological polar surface area (TPSA) is 75.3 Å². The van der Waals surface area contributed by atoms with E-state index in [0.29, 0.717) is 28.9 Å². The highest BCUT2D eigenvalue weighted by atomic mass is 16.5. The minimum atomic E-state index is -0.435. The quantitative estimate of drug-likeness (QED) is 0.866. The van der Waals surface area contributed by atoms with E-state index < -0.39 is 6.10 Å². The van der Waals surface area contributed by atoms with Crippen molar-refractivity contribution in [2.75, 3.05) is 13.1 Å². The van der Waals surface area contributed by atoms with Gasteiger partial charge in [0.25, 0.3) is 11.5 Å². The van der Waals surface area contributed by atoms with Crippen LogP contribution in [0.4, 0.5) is 0 Å². The van der Waals surface area contributed by atoms with E-state index in [-0.39, 0.29) is 11.5 Å². The highest BCUT2D eigenvalue weighted by Gasteiger charge is 2.31. The van der Waals surface area contributed by atoms with E-state index in [9.17, 15) is 9.59 Å². The lowest BCUT2D eigenvalue weighted by Crippen LogP contribution is -2.42. The highest BCUT2D eigenvalue weighted by molar-refractivity contribution is 5.84. The zero-order valence-corrected chi connectivity index (χ0v) is 13.1. The average Bonchev–Trinajstić information content (AvgIpc) is 3.06. The van der Waals surface area contributed by atoms with E-state index in [1.807, 2.05) is 11.0 Å². The number of likely N-dealkylation sites (tertiary alicyclic amines) is 1. The Kier molecular flexibility index (Phi) is 3.32. The van der Waals surface area contributed by atoms with Crippen molar-refractivity contribution in [3.63, 3.8) is 0 Å². The largest absolute Gasteiger partial charge is 0.480 e. The molecule has 3 heterocycles. The molecule has 23 heavy (non-hydrogen) atoms. The van der Waals surface area contributed by atoms with Gasteiger partial charge in [0.15, 0.2) is 6.10 Å². The van der Waals surface area contributed by atoms with Crippen LogP contribution in [0.2, 0.25) is 0 Å². The van der Waals surface area contributed by atoms with Gasteiger partial charge in [-0.2, -0.15) is 0 Å². The Bertz CT molecular complexity index is 837. The molecule has 0 saturated carbocycles. The molecule has 6 heteroatoms. The second-order valence-electron chi connectivity index (χ2n) is 6.31. The first-order valence-corrected chi connectivity index (χ1v) is 8.11. The fraction of sp³-hybridized carbons (Fsp3) is 0.471. The van der Waals surface area contributed by atoms with E-state index in [4.69, 9.17) is 4.74 Å². The molecule has 0 unspecified atom stereocenters. The molecule has 1 aromatic carbocycles. The van der Waals surface area contributed by atoms with E-state index >= 15 is 0 Å². The second kappa shape index (κ2) is 5.37. The van der Waals surface area contributed by atoms with Crippen molar-refractivity contribution in [2.45, 2.75) is 38.7 Å². The molecular weight excluding hydrogens is 294 g/mol. The van der Waals surface area contributed by atoms with Gasteiger partial charge in [0.05, 0.1) is 10.9 Å². The van der Waals surface area contributed by atoms with Gasteiger partial charge in [0, 0.05) is 13.1 Å². The number of amides is 1. The molecule has 4 rings (SSSR count). The fourth-order valence-electron chi connectivity index (χ4n) is 3.45. The maximum absolute atomic E-state index is 12.5. The fourth-order valence-corrected chi connectivity index (χ4v) is 3.45. The van der Waals surface area contributed by atoms with Crippen LogP contribution in [0.1, 0.15) is 30.7 Å². The Morgan fingerprint density at radius 1 is 1.35 bits per heavy atom. The summed E-state index contributed by atoms with van der Waals surface area (Å²) < 4.78 is 5.93. The van der Waals surface area contributed by atoms with Gasteiger partial charge in [-0.3, -0.25) is 9.59 Å². The number of aryl methyl sites for hydroxylation is 2. The number of nitrogens with one attached hydrogen (secondary N) is 1. The zero-order chi connectivity index (χ0) is 16.0. The van der Waals surface area contributed by atoms with Gasteiger partial charge in [-0.1, -0.05) is 0 Å². The average molecular weight is 313 g/mol. The van der Waals surface area contributed by atoms with Crippen LogP contribution in [0, 0.1) is 6.92 Å². The molecule has 1 fully saturated rings. The number of carbonyl (C=O) groups is 1. The molecule has 1 aromatic heterocycles. The molecular formula is C17H19N3O3. The first-order valence-electron chi connectivity index (χ1n) is 8.11. The Balaban J connectivity index is 1.67. The first-order chi connectivity index (χ1) is 11.1. The maximum Gasteiger partial charge on any atom is 0.263 e. The SMILES string of the molecule is Cc1nc2cc3c(cc2c(=O)[nH]1)O[C@H](C(=O)N1CCCC1)CC3. The molecule has 2 aliphatic rings. The van der Waals surface area contributed by atoms with Crippen LogP contribution in [-0.4, -0.2) is 40.0 Å². The van der Waals surface area contributed by atoms with Crippen LogP contribution in [-0.2, 0) is 11.2 Å². The van der Waals surface area contributed by atoms with Gasteiger partial charge in [0.1, 0.15) is 11.6 Å². The lowest BCUT2D eigenvalue weighted by molar-refractivity contribution is -0.138. The van der Waals surface area contributed by atoms with Crippen LogP contribution >= 0.6 is 0 Å². The predicted molar refractivity (Wildman–Crippen MR) is 85.7 cm³/mol. The number of H-pyrrole nitrogens is 1. The molecule has 2 aliphatic heterocycles. The molecule has 2 aromatic rings. The number of benzene rings is 1. The van der Waals surface area contributed by atoms with Crippen LogP contribution in [0.3, 0.4) is 0 Å². The van der Waals surface area contributed by atoms with Crippen molar-refractivity contribution in [3.05, 3.63) is 33.9 Å². The van der Waals surface area contributed by atoms with Crippen LogP contribution in [0.25, 0.3) is 10.9 Å². The lowest BCUT2D eigenvalue weighted by Gasteiger charge is -2.28. The molecule has 1 atom stereocenters. The molecule has 0 bridgehead atoms. The minimum Gasteiger partial charge on any atom is -0.480 e. The molecule has 1 amide bonds. The summed E-state index contributed by atoms with van der Waals surface area (Å²) in [5, 5.41) is 0.503. The first kappa shape index (κ1) is 14.2. The van der Waals surface area contributed by atoms with Gasteiger partial charge < -0.3 is 14.6 Å². The van der Waals surface area contributed by atoms with Crippen molar-refractivity contribution in [3.8, 4) is 5.75 Å². The summed E-state index contributed by atoms with van der Waals surface area (Å²) in [7, 11) is 0. The van der Waals surface area contributed by atoms with Gasteiger partial charge in [-0.05, 0) is 50.3 Å². The number of ether oxygens (including phenoxy) is 1. The number of hydrogen-bond donors (Lipinski definition) is 1. The number of nitrogens with zero attached hydrogens (tertiary/aromatic N) is 2. The van der Waals surface area contributed by atoms with Crippen LogP contribution in [0.5, 0.6) is 5.75 Å². The molecule has 0 radical (unpaired) electrons. The van der Waals surface area contributed by atoms with E-state index in [0.717, 1.165) is 37.9 Å². The van der Waals surface area contributed by atoms with Gasteiger partial charge in [-0.15, -0.1) is 0 Å². The summed E-state index contributed by atoms with van der Waals surface area (Å²) in [4.78, 5) is 33.5. The number of aromatic nitrogens is 2. The standard InChI is InChI=1S/C17H19N3O3/c1-10-18-13-8-11-4-5-14(17(22)20-6-2-3-7-20)23-15(11)9-12(13)16(21)19-10/h8-9,14H,2-7H2,1H3,(H,18,19,21)/t14-/m0/s1. The summed E-state index contributed by atoms with van der Waals surface area (Å²) in [6, 6.07) is 3.63. The van der Waals surface area contributed by atoms with Crippen molar-refractivity contribution >= 4 is 16.8 Å². The van der Waals surface area contributed by atoms with Crippen molar-refractivity contribution in [2.24, 2.45) is 0 Å². The normalized spacial score (nSPS) is 20.4. The number of rotatable bonds is 1. The van der Waals surface area contributed by atoms with E-state index in [1.54, 1.807) is 13.0 Å². The smallest absolute Gasteiger partial charge is 0.263 e. The number of aromatic amines is 1. The van der Waals surface area contributed by atoms with Crippen LogP contribution in [0.15, 0.2) is 16.9 Å². The monoisotopic (exact) mass is 313 g/mol. The number of carbonyl (C=O) groups excluding carboxylic acids is 1. The molecule has 1 N–H and O–H groups in total. The third-order valence-electron chi connectivity index (χ3n) is 4.64. The predicted octanol–water partition coefficient (Wildman–Crippen LogP) is 1.55. The molecule has 1 saturated heterocycles. The van der Waals surface area contributed by atoms with Gasteiger partial charge in [-0.25, -0.2) is 4.98 Å². The summed E-state index contributed by atoms with van der Waals surface area (Å²) in [5.74, 6) is 1.31. The minimum absolute atomic E-state index is 0.0733. The second-order valence-corrected chi connectivity index (χ2v) is 6.31. The maximum atomic E-state index is 12.5. The van der Waals surface area contributed by atoms with Crippen molar-refractivity contribution < 1.29 is 9.53 Å². The highest BCUT2D eigenvalue weighted by Crippen LogP contribution is 2.31. The van der Waals surface area contributed by atoms with Crippen molar-refractivity contribution in [1.29, 1.82) is 0 Å². The summed E-state index contributed by atoms with van der Waals surface area (Å²) in [5.41, 5.74) is 1.52. The molecule has 120 valence electrons. The Morgan fingerprint density at radius 2 is 2.13 bits per heavy atom. The molecule has 0 spiro atoms. The van der Waals surface area contributed by atoms with Gasteiger partial charge in [0.2, 0.25) is 0 Å². The number of fused-ring (bicyclic) bond motifs is 2. The third kappa shape index (κ3) is 2.48. The third-order valence-corrected chi connectivity index (χ3v) is 4.64. The molecule has 6 nitrogen and oxygen atoms in total.